The van der Waals surface area contributed by atoms with Crippen LogP contribution in [0, 0.1) is 35.2 Å². The molecular weight excluding hydrogens is 430 g/mol. The summed E-state index contributed by atoms with van der Waals surface area (Å²) in [6.07, 6.45) is 3.01. The van der Waals surface area contributed by atoms with Crippen molar-refractivity contribution in [2.75, 3.05) is 0 Å². The van der Waals surface area contributed by atoms with E-state index in [2.05, 4.69) is 11.3 Å². The van der Waals surface area contributed by atoms with Crippen LogP contribution in [0.15, 0.2) is 43.0 Å². The number of hydrogen-bond donors (Lipinski definition) is 0. The lowest BCUT2D eigenvalue weighted by atomic mass is 9.64. The molecule has 2 aromatic rings. The zero-order valence-corrected chi connectivity index (χ0v) is 17.4. The molecule has 7 heteroatoms. The highest BCUT2D eigenvalue weighted by Gasteiger charge is 2.36. The lowest BCUT2D eigenvalue weighted by Crippen LogP contribution is -2.30. The summed E-state index contributed by atoms with van der Waals surface area (Å²) in [4.78, 5) is 0. The summed E-state index contributed by atoms with van der Waals surface area (Å²) in [5.41, 5.74) is -0.0815. The largest absolute Gasteiger partial charge is 0.573 e. The molecule has 4 unspecified atom stereocenters. The molecule has 2 aromatic carbocycles. The van der Waals surface area contributed by atoms with Gasteiger partial charge in [-0.05, 0) is 97.6 Å². The van der Waals surface area contributed by atoms with Crippen molar-refractivity contribution in [2.45, 2.75) is 50.8 Å². The maximum absolute atomic E-state index is 14.9. The molecule has 0 radical (unpaired) electrons. The smallest absolute Gasteiger partial charge is 0.403 e. The third-order valence-corrected chi connectivity index (χ3v) is 6.97. The van der Waals surface area contributed by atoms with Crippen molar-refractivity contribution < 1.29 is 31.1 Å². The number of alkyl halides is 3. The first-order chi connectivity index (χ1) is 15.1. The van der Waals surface area contributed by atoms with Crippen molar-refractivity contribution in [3.63, 3.8) is 0 Å². The molecule has 2 aliphatic carbocycles. The fraction of sp³-hybridized carbons (Fsp3) is 0.440. The molecule has 0 heterocycles. The zero-order chi connectivity index (χ0) is 23.0. The zero-order valence-electron chi connectivity index (χ0n) is 17.4. The first-order valence-electron chi connectivity index (χ1n) is 10.8. The average Bonchev–Trinajstić information content (AvgIpc) is 2.73. The number of benzene rings is 2. The topological polar surface area (TPSA) is 9.23 Å². The molecule has 2 saturated carbocycles. The fourth-order valence-electron chi connectivity index (χ4n) is 5.41. The second kappa shape index (κ2) is 8.83. The van der Waals surface area contributed by atoms with Crippen molar-refractivity contribution in [3.05, 3.63) is 66.0 Å². The Morgan fingerprint density at radius 2 is 1.50 bits per heavy atom. The minimum atomic E-state index is -5.07. The SMILES string of the molecule is C=CC1CCC2CC(c3cc(F)c(-c4ccc(OC(F)(F)F)c(F)c4)c(F)c3)CCC2C1. The predicted molar refractivity (Wildman–Crippen MR) is 110 cm³/mol. The lowest BCUT2D eigenvalue weighted by molar-refractivity contribution is -0.275. The van der Waals surface area contributed by atoms with E-state index in [0.29, 0.717) is 35.4 Å². The standard InChI is InChI=1S/C25H24F6O/c1-2-14-3-4-16-10-17(6-5-15(16)9-14)19-12-21(27)24(22(28)13-19)18-7-8-23(20(26)11-18)32-25(29,30)31/h2,7-8,11-17H,1,3-6,9-10H2. The summed E-state index contributed by atoms with van der Waals surface area (Å²) in [7, 11) is 0. The minimum absolute atomic E-state index is 0.0499. The monoisotopic (exact) mass is 454 g/mol. The predicted octanol–water partition coefficient (Wildman–Crippen LogP) is 8.16. The Kier molecular flexibility index (Phi) is 6.28. The van der Waals surface area contributed by atoms with Crippen molar-refractivity contribution in [3.8, 4) is 16.9 Å². The van der Waals surface area contributed by atoms with Crippen molar-refractivity contribution in [1.29, 1.82) is 0 Å². The van der Waals surface area contributed by atoms with Crippen LogP contribution in [0.3, 0.4) is 0 Å². The van der Waals surface area contributed by atoms with E-state index in [1.54, 1.807) is 0 Å². The minimum Gasteiger partial charge on any atom is -0.403 e. The quantitative estimate of drug-likeness (QED) is 0.335. The van der Waals surface area contributed by atoms with Gasteiger partial charge in [0.15, 0.2) is 11.6 Å². The molecular formula is C25H24F6O. The van der Waals surface area contributed by atoms with Crippen molar-refractivity contribution in [2.24, 2.45) is 17.8 Å². The summed E-state index contributed by atoms with van der Waals surface area (Å²) >= 11 is 0. The number of ether oxygens (including phenoxy) is 1. The molecule has 32 heavy (non-hydrogen) atoms. The van der Waals surface area contributed by atoms with Crippen LogP contribution in [0.1, 0.15) is 50.0 Å². The Morgan fingerprint density at radius 1 is 0.844 bits per heavy atom. The van der Waals surface area contributed by atoms with E-state index in [1.165, 1.54) is 12.1 Å². The van der Waals surface area contributed by atoms with E-state index in [0.717, 1.165) is 44.6 Å². The summed E-state index contributed by atoms with van der Waals surface area (Å²) < 4.78 is 84.4. The summed E-state index contributed by atoms with van der Waals surface area (Å²) in [6.45, 7) is 3.90. The van der Waals surface area contributed by atoms with Crippen LogP contribution in [0.5, 0.6) is 5.75 Å². The van der Waals surface area contributed by atoms with Gasteiger partial charge in [0.25, 0.3) is 0 Å². The molecule has 0 amide bonds. The van der Waals surface area contributed by atoms with E-state index in [4.69, 9.17) is 0 Å². The van der Waals surface area contributed by atoms with Crippen LogP contribution < -0.4 is 4.74 Å². The fourth-order valence-corrected chi connectivity index (χ4v) is 5.41. The molecule has 0 N–H and O–H groups in total. The van der Waals surface area contributed by atoms with E-state index in [1.807, 2.05) is 6.08 Å². The van der Waals surface area contributed by atoms with Gasteiger partial charge in [0, 0.05) is 0 Å². The Bertz CT molecular complexity index is 975. The molecule has 4 rings (SSSR count). The first kappa shape index (κ1) is 22.7. The van der Waals surface area contributed by atoms with Crippen LogP contribution >= 0.6 is 0 Å². The van der Waals surface area contributed by atoms with Gasteiger partial charge in [0.1, 0.15) is 11.6 Å². The highest BCUT2D eigenvalue weighted by atomic mass is 19.4. The molecule has 0 bridgehead atoms. The maximum Gasteiger partial charge on any atom is 0.573 e. The highest BCUT2D eigenvalue weighted by molar-refractivity contribution is 5.66. The number of hydrogen-bond acceptors (Lipinski definition) is 1. The second-order valence-electron chi connectivity index (χ2n) is 8.89. The Morgan fingerprint density at radius 3 is 2.12 bits per heavy atom. The van der Waals surface area contributed by atoms with Gasteiger partial charge in [-0.1, -0.05) is 12.1 Å². The summed E-state index contributed by atoms with van der Waals surface area (Å²) in [5, 5.41) is 0. The third kappa shape index (κ3) is 4.81. The highest BCUT2D eigenvalue weighted by Crippen LogP contribution is 2.48. The number of allylic oxidation sites excluding steroid dienone is 1. The molecule has 2 aliphatic rings. The average molecular weight is 454 g/mol. The molecule has 1 nitrogen and oxygen atoms in total. The van der Waals surface area contributed by atoms with E-state index in [9.17, 15) is 26.3 Å². The third-order valence-electron chi connectivity index (χ3n) is 6.97. The van der Waals surface area contributed by atoms with Crippen LogP contribution in [-0.4, -0.2) is 6.36 Å². The Labute approximate surface area is 183 Å². The van der Waals surface area contributed by atoms with Gasteiger partial charge in [-0.3, -0.25) is 0 Å². The molecule has 0 aliphatic heterocycles. The summed E-state index contributed by atoms with van der Waals surface area (Å²) in [6, 6.07) is 4.92. The molecule has 0 spiro atoms. The molecule has 0 aromatic heterocycles. The van der Waals surface area contributed by atoms with Crippen molar-refractivity contribution in [1.82, 2.24) is 0 Å². The second-order valence-corrected chi connectivity index (χ2v) is 8.89. The van der Waals surface area contributed by atoms with Crippen LogP contribution in [0.2, 0.25) is 0 Å². The molecule has 0 saturated heterocycles. The molecule has 172 valence electrons. The van der Waals surface area contributed by atoms with Gasteiger partial charge in [-0.2, -0.15) is 0 Å². The maximum atomic E-state index is 14.9. The molecule has 2 fully saturated rings. The number of fused-ring (bicyclic) bond motifs is 1. The van der Waals surface area contributed by atoms with E-state index >= 15 is 0 Å². The van der Waals surface area contributed by atoms with Crippen molar-refractivity contribution >= 4 is 0 Å². The van der Waals surface area contributed by atoms with Gasteiger partial charge >= 0.3 is 6.36 Å². The Balaban J connectivity index is 1.54. The van der Waals surface area contributed by atoms with Gasteiger partial charge < -0.3 is 4.74 Å². The lowest BCUT2D eigenvalue weighted by Gasteiger charge is -2.41. The van der Waals surface area contributed by atoms with Gasteiger partial charge in [-0.25, -0.2) is 13.2 Å². The van der Waals surface area contributed by atoms with Crippen LogP contribution in [0.25, 0.3) is 11.1 Å². The van der Waals surface area contributed by atoms with Crippen LogP contribution in [0.4, 0.5) is 26.3 Å². The van der Waals surface area contributed by atoms with E-state index < -0.39 is 35.1 Å². The van der Waals surface area contributed by atoms with E-state index in [-0.39, 0.29) is 11.5 Å². The van der Waals surface area contributed by atoms with Gasteiger partial charge in [-0.15, -0.1) is 19.8 Å². The number of halogens is 6. The molecule has 4 atom stereocenters. The Hall–Kier alpha value is -2.44. The first-order valence-corrected chi connectivity index (χ1v) is 10.8. The summed E-state index contributed by atoms with van der Waals surface area (Å²) in [5.74, 6) is -2.37. The van der Waals surface area contributed by atoms with Gasteiger partial charge in [0.05, 0.1) is 5.56 Å². The normalized spacial score (nSPS) is 25.8. The van der Waals surface area contributed by atoms with Gasteiger partial charge in [0.2, 0.25) is 0 Å². The van der Waals surface area contributed by atoms with Crippen LogP contribution in [-0.2, 0) is 0 Å². The number of rotatable bonds is 4.